The Balaban J connectivity index is 1.28. The second-order valence-electron chi connectivity index (χ2n) is 12.0. The van der Waals surface area contributed by atoms with Gasteiger partial charge < -0.3 is 63.9 Å². The monoisotopic (exact) mass is 801 g/mol. The van der Waals surface area contributed by atoms with E-state index in [1.807, 2.05) is 0 Å². The van der Waals surface area contributed by atoms with Crippen LogP contribution in [-0.4, -0.2) is 124 Å². The van der Waals surface area contributed by atoms with Crippen LogP contribution in [0.3, 0.4) is 0 Å². The van der Waals surface area contributed by atoms with Gasteiger partial charge in [-0.1, -0.05) is 0 Å². The maximum Gasteiger partial charge on any atom is 0.481 e. The van der Waals surface area contributed by atoms with Crippen molar-refractivity contribution < 1.29 is 80.0 Å². The minimum absolute atomic E-state index is 0.212. The van der Waals surface area contributed by atoms with Gasteiger partial charge in [0.25, 0.3) is 0 Å². The molecule has 2 aromatic heterocycles. The molecule has 2 aliphatic heterocycles. The summed E-state index contributed by atoms with van der Waals surface area (Å²) in [7, 11) is -2.39. The number of aromatic nitrogens is 3. The zero-order chi connectivity index (χ0) is 38.3. The summed E-state index contributed by atoms with van der Waals surface area (Å²) in [5.41, 5.74) is 7.48. The Hall–Kier alpha value is -2.76. The van der Waals surface area contributed by atoms with Crippen LogP contribution in [0.2, 0.25) is 0 Å². The Morgan fingerprint density at radius 2 is 1.90 bits per heavy atom. The number of nitrogens with two attached hydrogens (primary N) is 1. The average molecular weight is 802 g/mol. The number of esters is 3. The molecule has 2 saturated heterocycles. The number of phosphoric acid groups is 1. The first-order chi connectivity index (χ1) is 24.3. The first-order valence-corrected chi connectivity index (χ1v) is 19.6. The molecule has 0 aromatic carbocycles. The largest absolute Gasteiger partial charge is 0.481 e. The lowest BCUT2D eigenvalue weighted by atomic mass is 9.86. The molecule has 5 rings (SSSR count). The van der Waals surface area contributed by atoms with Gasteiger partial charge in [0, 0.05) is 39.6 Å². The van der Waals surface area contributed by atoms with E-state index in [4.69, 9.17) is 59.3 Å². The number of likely N-dealkylation sites (N-methyl/N-ethyl adjacent to an activating group) is 1. The quantitative estimate of drug-likeness (QED) is 0.0785. The van der Waals surface area contributed by atoms with Gasteiger partial charge >= 0.3 is 32.4 Å². The number of carbonyl (C=O) groups excluding carboxylic acids is 3. The number of nitrogen functional groups attached to an aromatic ring is 1. The minimum Gasteiger partial charge on any atom is -0.463 e. The fourth-order valence-electron chi connectivity index (χ4n) is 6.79. The Morgan fingerprint density at radius 3 is 2.52 bits per heavy atom. The number of nitrogens with one attached hydrogen (secondary N) is 2. The van der Waals surface area contributed by atoms with Crippen LogP contribution < -0.4 is 11.1 Å². The molecule has 7 N–H and O–H groups in total. The van der Waals surface area contributed by atoms with Crippen molar-refractivity contribution in [2.45, 2.75) is 75.6 Å². The number of anilines is 1. The fourth-order valence-corrected chi connectivity index (χ4v) is 9.89. The van der Waals surface area contributed by atoms with Crippen LogP contribution in [0.4, 0.5) is 10.2 Å². The molecule has 13 atom stereocenters. The molecule has 52 heavy (non-hydrogen) atoms. The van der Waals surface area contributed by atoms with Crippen molar-refractivity contribution in [2.75, 3.05) is 33.1 Å². The number of nitrogens with zero attached hydrogens (tertiary/aromatic N) is 2. The number of alkyl halides is 1. The molecule has 8 unspecified atom stereocenters. The summed E-state index contributed by atoms with van der Waals surface area (Å²) < 4.78 is 76.4. The second kappa shape index (κ2) is 15.5. The summed E-state index contributed by atoms with van der Waals surface area (Å²) in [6.45, 7) is -3.15. The van der Waals surface area contributed by atoms with E-state index >= 15 is 4.39 Å². The Kier molecular flexibility index (Phi) is 12.1. The van der Waals surface area contributed by atoms with E-state index in [2.05, 4.69) is 20.3 Å². The van der Waals surface area contributed by atoms with Crippen molar-refractivity contribution in [1.29, 1.82) is 0 Å². The van der Waals surface area contributed by atoms with Crippen molar-refractivity contribution in [3.05, 3.63) is 18.1 Å². The molecule has 1 aliphatic carbocycles. The maximum atomic E-state index is 15.6. The molecule has 0 spiro atoms. The summed E-state index contributed by atoms with van der Waals surface area (Å²) in [4.78, 5) is 67.9. The Bertz CT molecular complexity index is 1780. The van der Waals surface area contributed by atoms with Crippen molar-refractivity contribution in [3.8, 4) is 0 Å². The lowest BCUT2D eigenvalue weighted by Crippen LogP contribution is -2.66. The van der Waals surface area contributed by atoms with Crippen LogP contribution in [0, 0.1) is 11.8 Å². The maximum absolute atomic E-state index is 15.6. The van der Waals surface area contributed by atoms with Crippen molar-refractivity contribution in [1.82, 2.24) is 20.3 Å². The number of aromatic amines is 1. The van der Waals surface area contributed by atoms with Gasteiger partial charge in [-0.2, -0.15) is 0 Å². The van der Waals surface area contributed by atoms with Gasteiger partial charge in [-0.15, -0.1) is 0 Å². The molecule has 3 aliphatic rings. The molecule has 21 nitrogen and oxygen atoms in total. The Morgan fingerprint density at radius 1 is 1.19 bits per heavy atom. The SMILES string of the molecule is CN[C@H]1[C@@H](OC)[C@H](c2c[nH]c3c(N)ncnc23)O[C@@H]1COP(O)(=S)OP(=O)(O)OC1OC2(OC(C)=O)C1C(O)C(OC(C)=O)C2[C@@H](F)COC(C)=O. The number of halogens is 1. The normalized spacial score (nSPS) is 34.1. The third-order valence-corrected chi connectivity index (χ3v) is 12.2. The van der Waals surface area contributed by atoms with Gasteiger partial charge in [0.2, 0.25) is 5.79 Å². The smallest absolute Gasteiger partial charge is 0.463 e. The number of ether oxygens (including phenoxy) is 6. The molecule has 4 heterocycles. The predicted molar refractivity (Wildman–Crippen MR) is 173 cm³/mol. The fraction of sp³-hybridized carbons (Fsp3) is 0.667. The highest BCUT2D eigenvalue weighted by atomic mass is 32.5. The van der Waals surface area contributed by atoms with Gasteiger partial charge in [-0.05, 0) is 18.9 Å². The zero-order valence-electron chi connectivity index (χ0n) is 28.1. The lowest BCUT2D eigenvalue weighted by molar-refractivity contribution is -0.425. The number of H-pyrrole nitrogens is 1. The predicted octanol–water partition coefficient (Wildman–Crippen LogP) is 0.00550. The average Bonchev–Trinajstić information content (AvgIpc) is 3.66. The number of fused-ring (bicyclic) bond motifs is 2. The molecule has 0 bridgehead atoms. The number of phosphoric ester groups is 1. The second-order valence-corrected chi connectivity index (χ2v) is 16.4. The molecule has 0 radical (unpaired) electrons. The van der Waals surface area contributed by atoms with Gasteiger partial charge in [0.1, 0.15) is 61.1 Å². The zero-order valence-corrected chi connectivity index (χ0v) is 30.7. The first kappa shape index (κ1) is 40.4. The minimum atomic E-state index is -5.47. The van der Waals surface area contributed by atoms with E-state index in [9.17, 15) is 33.8 Å². The van der Waals surface area contributed by atoms with Crippen LogP contribution in [0.5, 0.6) is 0 Å². The lowest BCUT2D eigenvalue weighted by Gasteiger charge is -2.51. The van der Waals surface area contributed by atoms with Crippen LogP contribution in [0.25, 0.3) is 11.0 Å². The van der Waals surface area contributed by atoms with E-state index in [1.165, 1.54) is 13.4 Å². The van der Waals surface area contributed by atoms with Crippen LogP contribution in [0.15, 0.2) is 12.5 Å². The number of aliphatic hydroxyl groups excluding tert-OH is 1. The Labute approximate surface area is 299 Å². The number of hydrogen-bond donors (Lipinski definition) is 6. The number of methoxy groups -OCH3 is 1. The van der Waals surface area contributed by atoms with E-state index in [0.717, 1.165) is 20.8 Å². The van der Waals surface area contributed by atoms with Crippen LogP contribution in [-0.2, 0) is 72.5 Å². The molecule has 0 amide bonds. The van der Waals surface area contributed by atoms with Crippen molar-refractivity contribution >= 4 is 61.1 Å². The molecule has 2 aromatic rings. The third-order valence-electron chi connectivity index (χ3n) is 8.68. The van der Waals surface area contributed by atoms with Crippen LogP contribution in [0.1, 0.15) is 32.4 Å². The standard InChI is InChI=1S/C27H38FN5O16P2S/c1-10(34)42-7-14(28)16-23(44-11(2)35)21(37)17-26(47-27(16,17)46-12(3)36)48-50(38,39)49-51(40,52)43-8-15-19(30-4)24(41-5)22(45-15)13-6-31-20-18(13)32-9-33-25(20)29/h6,9,14-17,19,21-24,26,30-31,37H,7-8H2,1-5H3,(H,38,39)(H,40,52)(H2,29,32,33)/t14-,15+,16?,17?,19+,21?,22-,23?,24+,26?,27?,51?/m0/s1. The molecule has 290 valence electrons. The van der Waals surface area contributed by atoms with E-state index in [0.29, 0.717) is 16.6 Å². The summed E-state index contributed by atoms with van der Waals surface area (Å²) >= 11 is 4.98. The van der Waals surface area contributed by atoms with E-state index < -0.39 is 112 Å². The topological polar surface area (TPSA) is 292 Å². The van der Waals surface area contributed by atoms with Gasteiger partial charge in [-0.25, -0.2) is 23.2 Å². The molecule has 3 fully saturated rings. The third kappa shape index (κ3) is 8.02. The van der Waals surface area contributed by atoms with Crippen LogP contribution >= 0.6 is 14.5 Å². The first-order valence-electron chi connectivity index (χ1n) is 15.5. The highest BCUT2D eigenvalue weighted by molar-refractivity contribution is 8.08. The number of aliphatic hydroxyl groups is 1. The summed E-state index contributed by atoms with van der Waals surface area (Å²) in [5.74, 6) is -8.57. The van der Waals surface area contributed by atoms with E-state index in [1.54, 1.807) is 13.2 Å². The molecule has 25 heteroatoms. The van der Waals surface area contributed by atoms with Gasteiger partial charge in [0.15, 0.2) is 12.1 Å². The van der Waals surface area contributed by atoms with Gasteiger partial charge in [-0.3, -0.25) is 18.9 Å². The number of rotatable bonds is 15. The summed E-state index contributed by atoms with van der Waals surface area (Å²) in [5, 5.41) is 14.2. The molecular weight excluding hydrogens is 763 g/mol. The van der Waals surface area contributed by atoms with E-state index in [-0.39, 0.29) is 5.82 Å². The van der Waals surface area contributed by atoms with Crippen molar-refractivity contribution in [3.63, 3.8) is 0 Å². The highest BCUT2D eigenvalue weighted by Crippen LogP contribution is 2.66. The number of carbonyl (C=O) groups is 3. The van der Waals surface area contributed by atoms with Crippen molar-refractivity contribution in [2.24, 2.45) is 11.8 Å². The highest BCUT2D eigenvalue weighted by Gasteiger charge is 2.78. The molecular formula is C27H38FN5O16P2S. The summed E-state index contributed by atoms with van der Waals surface area (Å²) in [6, 6.07) is -0.578. The number of hydrogen-bond acceptors (Lipinski definition) is 19. The van der Waals surface area contributed by atoms with Gasteiger partial charge in [0.05, 0.1) is 24.1 Å². The molecule has 1 saturated carbocycles. The summed E-state index contributed by atoms with van der Waals surface area (Å²) in [6.07, 6.45) is -7.27.